The minimum absolute atomic E-state index is 0.0416. The third kappa shape index (κ3) is 3.28. The van der Waals surface area contributed by atoms with E-state index in [1.54, 1.807) is 0 Å². The number of halogens is 3. The summed E-state index contributed by atoms with van der Waals surface area (Å²) in [5.41, 5.74) is 1.65. The van der Waals surface area contributed by atoms with Crippen molar-refractivity contribution in [3.8, 4) is 0 Å². The van der Waals surface area contributed by atoms with Crippen molar-refractivity contribution in [2.24, 2.45) is 11.8 Å². The van der Waals surface area contributed by atoms with Crippen LogP contribution in [0.4, 0.5) is 8.78 Å². The monoisotopic (exact) mass is 362 g/mol. The molecule has 1 aromatic rings. The zero-order chi connectivity index (χ0) is 16.0. The summed E-state index contributed by atoms with van der Waals surface area (Å²) in [5, 5.41) is 0. The molecule has 1 saturated heterocycles. The summed E-state index contributed by atoms with van der Waals surface area (Å²) >= 11 is 3.09. The normalized spacial score (nSPS) is 25.0. The molecule has 2 rings (SSSR count). The van der Waals surface area contributed by atoms with Crippen LogP contribution in [0.3, 0.4) is 0 Å². The fraction of sp³-hybridized carbons (Fsp3) is 0.600. The Hall–Kier alpha value is -0.560. The fourth-order valence-electron chi connectivity index (χ4n) is 3.38. The SMILES string of the molecule is CC1(C)CC(C(NN)c2c(F)cc(Br)cc2F)C(C)(C)O1. The number of hydrazine groups is 1. The molecular formula is C15H21BrF2N2O. The van der Waals surface area contributed by atoms with Gasteiger partial charge in [-0.15, -0.1) is 0 Å². The van der Waals surface area contributed by atoms with Gasteiger partial charge < -0.3 is 4.74 Å². The van der Waals surface area contributed by atoms with Crippen LogP contribution in [-0.4, -0.2) is 11.2 Å². The van der Waals surface area contributed by atoms with E-state index in [1.165, 1.54) is 12.1 Å². The molecule has 118 valence electrons. The zero-order valence-electron chi connectivity index (χ0n) is 12.6. The second kappa shape index (κ2) is 5.57. The van der Waals surface area contributed by atoms with Gasteiger partial charge in [-0.25, -0.2) is 8.78 Å². The highest BCUT2D eigenvalue weighted by Crippen LogP contribution is 2.48. The van der Waals surface area contributed by atoms with Crippen molar-refractivity contribution in [3.63, 3.8) is 0 Å². The van der Waals surface area contributed by atoms with Crippen molar-refractivity contribution >= 4 is 15.9 Å². The average Bonchev–Trinajstić information content (AvgIpc) is 2.51. The van der Waals surface area contributed by atoms with Gasteiger partial charge in [-0.05, 0) is 46.2 Å². The Morgan fingerprint density at radius 1 is 1.29 bits per heavy atom. The topological polar surface area (TPSA) is 47.3 Å². The van der Waals surface area contributed by atoms with Crippen molar-refractivity contribution in [3.05, 3.63) is 33.8 Å². The average molecular weight is 363 g/mol. The Morgan fingerprint density at radius 3 is 2.19 bits per heavy atom. The molecule has 1 aromatic carbocycles. The molecule has 2 unspecified atom stereocenters. The first kappa shape index (κ1) is 16.8. The van der Waals surface area contributed by atoms with Crippen molar-refractivity contribution in [2.75, 3.05) is 0 Å². The van der Waals surface area contributed by atoms with Gasteiger partial charge >= 0.3 is 0 Å². The van der Waals surface area contributed by atoms with Crippen LogP contribution < -0.4 is 11.3 Å². The Kier molecular flexibility index (Phi) is 4.46. The molecule has 1 fully saturated rings. The standard InChI is InChI=1S/C15H21BrF2N2O/c1-14(2)7-9(15(3,4)21-14)13(20-19)12-10(17)5-8(16)6-11(12)18/h5-6,9,13,20H,7,19H2,1-4H3. The predicted octanol–water partition coefficient (Wildman–Crippen LogP) is 3.83. The van der Waals surface area contributed by atoms with Crippen molar-refractivity contribution < 1.29 is 13.5 Å². The number of nitrogens with one attached hydrogen (secondary N) is 1. The summed E-state index contributed by atoms with van der Waals surface area (Å²) in [7, 11) is 0. The molecule has 2 atom stereocenters. The van der Waals surface area contributed by atoms with Gasteiger partial charge in [-0.2, -0.15) is 0 Å². The Labute approximate surface area is 132 Å². The maximum atomic E-state index is 14.2. The number of ether oxygens (including phenoxy) is 1. The zero-order valence-corrected chi connectivity index (χ0v) is 14.2. The number of hydrogen-bond acceptors (Lipinski definition) is 3. The fourth-order valence-corrected chi connectivity index (χ4v) is 3.78. The Balaban J connectivity index is 2.46. The molecule has 21 heavy (non-hydrogen) atoms. The van der Waals surface area contributed by atoms with Crippen LogP contribution in [0.5, 0.6) is 0 Å². The molecule has 1 aliphatic heterocycles. The van der Waals surface area contributed by atoms with Crippen LogP contribution in [0.1, 0.15) is 45.7 Å². The maximum Gasteiger partial charge on any atom is 0.132 e. The lowest BCUT2D eigenvalue weighted by Crippen LogP contribution is -2.42. The molecule has 1 heterocycles. The highest BCUT2D eigenvalue weighted by Gasteiger charge is 2.50. The van der Waals surface area contributed by atoms with E-state index >= 15 is 0 Å². The first-order valence-electron chi connectivity index (χ1n) is 6.88. The molecule has 1 aliphatic rings. The number of rotatable bonds is 3. The molecule has 0 amide bonds. The summed E-state index contributed by atoms with van der Waals surface area (Å²) in [6.45, 7) is 7.78. The summed E-state index contributed by atoms with van der Waals surface area (Å²) in [5.74, 6) is 4.23. The largest absolute Gasteiger partial charge is 0.369 e. The third-order valence-corrected chi connectivity index (χ3v) is 4.54. The molecule has 0 bridgehead atoms. The molecular weight excluding hydrogens is 342 g/mol. The van der Waals surface area contributed by atoms with Gasteiger partial charge in [0.05, 0.1) is 17.2 Å². The Bertz CT molecular complexity index is 525. The predicted molar refractivity (Wildman–Crippen MR) is 81.5 cm³/mol. The first-order chi connectivity index (χ1) is 9.57. The van der Waals surface area contributed by atoms with E-state index in [0.717, 1.165) is 0 Å². The summed E-state index contributed by atoms with van der Waals surface area (Å²) in [6.07, 6.45) is 0.657. The summed E-state index contributed by atoms with van der Waals surface area (Å²) in [4.78, 5) is 0. The number of hydrogen-bond donors (Lipinski definition) is 2. The number of benzene rings is 1. The van der Waals surface area contributed by atoms with Gasteiger partial charge in [0.1, 0.15) is 11.6 Å². The highest BCUT2D eigenvalue weighted by molar-refractivity contribution is 9.10. The molecule has 6 heteroatoms. The molecule has 0 saturated carbocycles. The van der Waals surface area contributed by atoms with Crippen LogP contribution in [0.25, 0.3) is 0 Å². The minimum Gasteiger partial charge on any atom is -0.369 e. The lowest BCUT2D eigenvalue weighted by Gasteiger charge is -2.33. The highest BCUT2D eigenvalue weighted by atomic mass is 79.9. The van der Waals surface area contributed by atoms with E-state index in [1.807, 2.05) is 27.7 Å². The second-order valence-electron chi connectivity index (χ2n) is 6.70. The number of nitrogens with two attached hydrogens (primary N) is 1. The van der Waals surface area contributed by atoms with E-state index in [0.29, 0.717) is 10.9 Å². The molecule has 3 nitrogen and oxygen atoms in total. The van der Waals surface area contributed by atoms with E-state index < -0.39 is 23.3 Å². The molecule has 0 aliphatic carbocycles. The van der Waals surface area contributed by atoms with E-state index in [2.05, 4.69) is 21.4 Å². The second-order valence-corrected chi connectivity index (χ2v) is 7.62. The first-order valence-corrected chi connectivity index (χ1v) is 7.67. The summed E-state index contributed by atoms with van der Waals surface area (Å²) in [6, 6.07) is 1.84. The van der Waals surface area contributed by atoms with Crippen molar-refractivity contribution in [1.82, 2.24) is 5.43 Å². The van der Waals surface area contributed by atoms with Crippen LogP contribution in [0.2, 0.25) is 0 Å². The Morgan fingerprint density at radius 2 is 1.81 bits per heavy atom. The molecule has 3 N–H and O–H groups in total. The maximum absolute atomic E-state index is 14.2. The van der Waals surface area contributed by atoms with Gasteiger partial charge in [0.2, 0.25) is 0 Å². The lowest BCUT2D eigenvalue weighted by molar-refractivity contribution is -0.0780. The van der Waals surface area contributed by atoms with Crippen molar-refractivity contribution in [2.45, 2.75) is 51.4 Å². The van der Waals surface area contributed by atoms with Gasteiger partial charge in [-0.1, -0.05) is 15.9 Å². The van der Waals surface area contributed by atoms with Gasteiger partial charge in [-0.3, -0.25) is 11.3 Å². The van der Waals surface area contributed by atoms with Gasteiger partial charge in [0.15, 0.2) is 0 Å². The molecule has 0 radical (unpaired) electrons. The van der Waals surface area contributed by atoms with E-state index in [4.69, 9.17) is 10.6 Å². The lowest BCUT2D eigenvalue weighted by atomic mass is 9.79. The van der Waals surface area contributed by atoms with E-state index in [-0.39, 0.29) is 17.1 Å². The van der Waals surface area contributed by atoms with Crippen molar-refractivity contribution in [1.29, 1.82) is 0 Å². The molecule has 0 aromatic heterocycles. The smallest absolute Gasteiger partial charge is 0.132 e. The van der Waals surface area contributed by atoms with E-state index in [9.17, 15) is 8.78 Å². The van der Waals surface area contributed by atoms with Crippen LogP contribution >= 0.6 is 15.9 Å². The van der Waals surface area contributed by atoms with Gasteiger partial charge in [0.25, 0.3) is 0 Å². The molecule has 0 spiro atoms. The third-order valence-electron chi connectivity index (χ3n) is 4.08. The van der Waals surface area contributed by atoms with Crippen LogP contribution in [0.15, 0.2) is 16.6 Å². The van der Waals surface area contributed by atoms with Crippen LogP contribution in [-0.2, 0) is 4.74 Å². The van der Waals surface area contributed by atoms with Crippen LogP contribution in [0, 0.1) is 17.6 Å². The summed E-state index contributed by atoms with van der Waals surface area (Å²) < 4.78 is 34.8. The van der Waals surface area contributed by atoms with Gasteiger partial charge in [0, 0.05) is 16.0 Å². The minimum atomic E-state index is -0.658. The quantitative estimate of drug-likeness (QED) is 0.634.